The van der Waals surface area contributed by atoms with Gasteiger partial charge in [-0.2, -0.15) is 0 Å². The Labute approximate surface area is 158 Å². The number of H-pyrrole nitrogens is 1. The number of rotatable bonds is 4. The number of aromatic amines is 1. The molecule has 140 valence electrons. The lowest BCUT2D eigenvalue weighted by molar-refractivity contribution is -0.384. The van der Waals surface area contributed by atoms with Crippen molar-refractivity contribution in [3.05, 3.63) is 87.2 Å². The summed E-state index contributed by atoms with van der Waals surface area (Å²) < 4.78 is 14.9. The zero-order chi connectivity index (χ0) is 19.8. The smallest absolute Gasteiger partial charge is 0.272 e. The van der Waals surface area contributed by atoms with Crippen LogP contribution in [0, 0.1) is 15.9 Å². The van der Waals surface area contributed by atoms with E-state index in [0.29, 0.717) is 33.4 Å². The molecule has 0 spiro atoms. The Morgan fingerprint density at radius 1 is 1.11 bits per heavy atom. The molecule has 0 aliphatic carbocycles. The van der Waals surface area contributed by atoms with Gasteiger partial charge < -0.3 is 14.9 Å². The first-order valence-electron chi connectivity index (χ1n) is 8.42. The van der Waals surface area contributed by atoms with Crippen LogP contribution in [-0.2, 0) is 7.05 Å². The van der Waals surface area contributed by atoms with E-state index in [1.165, 1.54) is 24.3 Å². The first-order valence-corrected chi connectivity index (χ1v) is 8.42. The quantitative estimate of drug-likeness (QED) is 0.408. The number of nitro benzene ring substituents is 1. The summed E-state index contributed by atoms with van der Waals surface area (Å²) >= 11 is 0. The van der Waals surface area contributed by atoms with E-state index in [1.54, 1.807) is 48.3 Å². The van der Waals surface area contributed by atoms with Crippen LogP contribution in [0.2, 0.25) is 0 Å². The van der Waals surface area contributed by atoms with Gasteiger partial charge in [0.1, 0.15) is 11.3 Å². The molecule has 7 nitrogen and oxygen atoms in total. The first kappa shape index (κ1) is 17.5. The fourth-order valence-corrected chi connectivity index (χ4v) is 3.25. The van der Waals surface area contributed by atoms with Crippen molar-refractivity contribution in [2.75, 3.05) is 5.32 Å². The number of anilines is 2. The summed E-state index contributed by atoms with van der Waals surface area (Å²) in [6, 6.07) is 12.0. The molecule has 0 bridgehead atoms. The predicted molar refractivity (Wildman–Crippen MR) is 105 cm³/mol. The molecule has 0 atom stereocenters. The van der Waals surface area contributed by atoms with Crippen molar-refractivity contribution in [2.45, 2.75) is 0 Å². The topological polar surface area (TPSA) is 93.0 Å². The maximum Gasteiger partial charge on any atom is 0.272 e. The second-order valence-corrected chi connectivity index (χ2v) is 6.34. The summed E-state index contributed by atoms with van der Waals surface area (Å²) in [7, 11) is 1.74. The molecule has 0 aliphatic rings. The van der Waals surface area contributed by atoms with Gasteiger partial charge in [0.25, 0.3) is 11.2 Å². The van der Waals surface area contributed by atoms with Crippen molar-refractivity contribution in [1.82, 2.24) is 9.55 Å². The molecule has 0 aliphatic heterocycles. The van der Waals surface area contributed by atoms with E-state index in [9.17, 15) is 19.3 Å². The molecule has 2 N–H and O–H groups in total. The number of aryl methyl sites for hydroxylation is 1. The Bertz CT molecular complexity index is 1260. The molecule has 2 aromatic heterocycles. The Kier molecular flexibility index (Phi) is 4.15. The average Bonchev–Trinajstić information content (AvgIpc) is 3.01. The number of nitro groups is 1. The van der Waals surface area contributed by atoms with Crippen molar-refractivity contribution in [3.63, 3.8) is 0 Å². The lowest BCUT2D eigenvalue weighted by Gasteiger charge is -2.12. The van der Waals surface area contributed by atoms with E-state index >= 15 is 0 Å². The van der Waals surface area contributed by atoms with Crippen LogP contribution in [0.3, 0.4) is 0 Å². The number of benzene rings is 2. The third-order valence-electron chi connectivity index (χ3n) is 4.53. The number of nitrogens with one attached hydrogen (secondary N) is 2. The van der Waals surface area contributed by atoms with E-state index in [1.807, 2.05) is 0 Å². The Hall–Kier alpha value is -3.94. The van der Waals surface area contributed by atoms with Crippen molar-refractivity contribution < 1.29 is 9.31 Å². The number of aromatic nitrogens is 2. The van der Waals surface area contributed by atoms with E-state index < -0.39 is 4.92 Å². The van der Waals surface area contributed by atoms with Gasteiger partial charge in [0, 0.05) is 59.5 Å². The summed E-state index contributed by atoms with van der Waals surface area (Å²) in [5, 5.41) is 15.1. The van der Waals surface area contributed by atoms with Crippen LogP contribution in [0.15, 0.2) is 65.7 Å². The summed E-state index contributed by atoms with van der Waals surface area (Å²) in [4.78, 5) is 25.7. The molecule has 2 heterocycles. The molecule has 0 radical (unpaired) electrons. The molecule has 2 aromatic carbocycles. The highest BCUT2D eigenvalue weighted by Crippen LogP contribution is 2.37. The van der Waals surface area contributed by atoms with Crippen LogP contribution in [0.25, 0.3) is 22.0 Å². The van der Waals surface area contributed by atoms with Gasteiger partial charge in [-0.05, 0) is 36.4 Å². The Morgan fingerprint density at radius 3 is 2.57 bits per heavy atom. The molecule has 0 unspecified atom stereocenters. The van der Waals surface area contributed by atoms with Crippen LogP contribution in [0.1, 0.15) is 0 Å². The summed E-state index contributed by atoms with van der Waals surface area (Å²) in [6.45, 7) is 0. The third-order valence-corrected chi connectivity index (χ3v) is 4.53. The fraction of sp³-hybridized carbons (Fsp3) is 0.0500. The molecular formula is C20H15FN4O3. The molecule has 0 saturated carbocycles. The second-order valence-electron chi connectivity index (χ2n) is 6.34. The Balaban J connectivity index is 1.93. The largest absolute Gasteiger partial charge is 0.355 e. The number of pyridine rings is 1. The van der Waals surface area contributed by atoms with E-state index in [2.05, 4.69) is 10.3 Å². The van der Waals surface area contributed by atoms with Crippen LogP contribution >= 0.6 is 0 Å². The zero-order valence-electron chi connectivity index (χ0n) is 14.8. The number of non-ortho nitro benzene ring substituents is 1. The van der Waals surface area contributed by atoms with Crippen molar-refractivity contribution in [3.8, 4) is 11.1 Å². The number of fused-ring (bicyclic) bond motifs is 1. The van der Waals surface area contributed by atoms with Gasteiger partial charge in [-0.25, -0.2) is 4.39 Å². The van der Waals surface area contributed by atoms with Crippen molar-refractivity contribution in [1.29, 1.82) is 0 Å². The maximum atomic E-state index is 13.2. The minimum atomic E-state index is -0.469. The van der Waals surface area contributed by atoms with Gasteiger partial charge in [-0.3, -0.25) is 14.9 Å². The number of hydrogen-bond donors (Lipinski definition) is 2. The van der Waals surface area contributed by atoms with Crippen LogP contribution < -0.4 is 10.9 Å². The van der Waals surface area contributed by atoms with Gasteiger partial charge in [0.05, 0.1) is 4.92 Å². The minimum Gasteiger partial charge on any atom is -0.355 e. The lowest BCUT2D eigenvalue weighted by Crippen LogP contribution is -2.07. The van der Waals surface area contributed by atoms with Gasteiger partial charge in [-0.15, -0.1) is 0 Å². The summed E-state index contributed by atoms with van der Waals surface area (Å²) in [5.41, 5.74) is 2.63. The number of halogens is 1. The molecule has 4 aromatic rings. The zero-order valence-corrected chi connectivity index (χ0v) is 14.8. The maximum absolute atomic E-state index is 13.2. The van der Waals surface area contributed by atoms with Gasteiger partial charge >= 0.3 is 0 Å². The van der Waals surface area contributed by atoms with Gasteiger partial charge in [-0.1, -0.05) is 0 Å². The van der Waals surface area contributed by atoms with Gasteiger partial charge in [0.2, 0.25) is 0 Å². The molecule has 8 heteroatoms. The average molecular weight is 378 g/mol. The van der Waals surface area contributed by atoms with E-state index in [4.69, 9.17) is 0 Å². The predicted octanol–water partition coefficient (Wildman–Crippen LogP) is 4.32. The van der Waals surface area contributed by atoms with E-state index in [0.717, 1.165) is 0 Å². The summed E-state index contributed by atoms with van der Waals surface area (Å²) in [5.74, 6) is -0.359. The van der Waals surface area contributed by atoms with Gasteiger partial charge in [0.15, 0.2) is 0 Å². The van der Waals surface area contributed by atoms with Crippen LogP contribution in [0.4, 0.5) is 21.5 Å². The van der Waals surface area contributed by atoms with Crippen LogP contribution in [0.5, 0.6) is 0 Å². The summed E-state index contributed by atoms with van der Waals surface area (Å²) in [6.07, 6.45) is 3.30. The monoisotopic (exact) mass is 378 g/mol. The molecule has 28 heavy (non-hydrogen) atoms. The van der Waals surface area contributed by atoms with Crippen molar-refractivity contribution >= 4 is 28.0 Å². The van der Waals surface area contributed by atoms with Crippen LogP contribution in [-0.4, -0.2) is 14.5 Å². The van der Waals surface area contributed by atoms with Crippen molar-refractivity contribution in [2.24, 2.45) is 7.05 Å². The molecular weight excluding hydrogens is 363 g/mol. The highest BCUT2D eigenvalue weighted by Gasteiger charge is 2.18. The SMILES string of the molecule is Cn1cc(-c2cc([N+](=O)[O-])ccc2Nc2ccc(F)cc2)c2cc[nH]c(=O)c21. The second kappa shape index (κ2) is 6.66. The molecule has 0 fully saturated rings. The molecule has 0 saturated heterocycles. The highest BCUT2D eigenvalue weighted by atomic mass is 19.1. The lowest BCUT2D eigenvalue weighted by atomic mass is 10.0. The number of nitrogens with zero attached hydrogens (tertiary/aromatic N) is 2. The normalized spacial score (nSPS) is 10.9. The van der Waals surface area contributed by atoms with E-state index in [-0.39, 0.29) is 17.1 Å². The first-order chi connectivity index (χ1) is 13.4. The fourth-order valence-electron chi connectivity index (χ4n) is 3.25. The molecule has 0 amide bonds. The number of hydrogen-bond acceptors (Lipinski definition) is 4. The molecule has 4 rings (SSSR count). The Morgan fingerprint density at radius 2 is 1.86 bits per heavy atom. The highest BCUT2D eigenvalue weighted by molar-refractivity contribution is 5.99. The third kappa shape index (κ3) is 3.01. The minimum absolute atomic E-state index is 0.0681. The standard InChI is InChI=1S/C20H15FN4O3/c1-24-11-17(15-8-9-22-20(26)19(15)24)16-10-14(25(27)28)6-7-18(16)23-13-4-2-12(21)3-5-13/h2-11,23H,1H3,(H,22,26).